The lowest BCUT2D eigenvalue weighted by Gasteiger charge is -2.08. The molecule has 0 amide bonds. The van der Waals surface area contributed by atoms with E-state index < -0.39 is 5.97 Å². The Hall–Kier alpha value is -3.07. The lowest BCUT2D eigenvalue weighted by molar-refractivity contribution is -0.127. The molecular weight excluding hydrogens is 276 g/mol. The highest BCUT2D eigenvalue weighted by Gasteiger charge is 2.21. The summed E-state index contributed by atoms with van der Waals surface area (Å²) in [5.41, 5.74) is 2.17. The predicted molar refractivity (Wildman–Crippen MR) is 85.6 cm³/mol. The van der Waals surface area contributed by atoms with E-state index in [0.717, 1.165) is 16.5 Å². The Kier molecular flexibility index (Phi) is 2.73. The summed E-state index contributed by atoms with van der Waals surface area (Å²) < 4.78 is 5.53. The summed E-state index contributed by atoms with van der Waals surface area (Å²) >= 11 is 0. The van der Waals surface area contributed by atoms with Gasteiger partial charge in [-0.15, -0.1) is 0 Å². The van der Waals surface area contributed by atoms with Crippen LogP contribution in [0.1, 0.15) is 11.1 Å². The Morgan fingerprint density at radius 2 is 1.68 bits per heavy atom. The van der Waals surface area contributed by atoms with E-state index in [1.165, 1.54) is 0 Å². The fourth-order valence-corrected chi connectivity index (χ4v) is 2.78. The second-order valence-corrected chi connectivity index (χ2v) is 5.17. The largest absolute Gasteiger partial charge is 0.507 e. The van der Waals surface area contributed by atoms with Crippen LogP contribution in [0.5, 0.6) is 11.5 Å². The molecule has 3 nitrogen and oxygen atoms in total. The first kappa shape index (κ1) is 12.7. The van der Waals surface area contributed by atoms with Crippen LogP contribution in [0.4, 0.5) is 0 Å². The van der Waals surface area contributed by atoms with Crippen molar-refractivity contribution in [1.82, 2.24) is 0 Å². The highest BCUT2D eigenvalue weighted by Crippen LogP contribution is 2.38. The molecule has 0 radical (unpaired) electrons. The van der Waals surface area contributed by atoms with Gasteiger partial charge in [0.25, 0.3) is 0 Å². The Labute approximate surface area is 127 Å². The van der Waals surface area contributed by atoms with Crippen LogP contribution in [0.3, 0.4) is 0 Å². The van der Waals surface area contributed by atoms with E-state index in [-0.39, 0.29) is 5.75 Å². The van der Waals surface area contributed by atoms with Gasteiger partial charge in [0, 0.05) is 10.8 Å². The minimum atomic E-state index is -0.394. The van der Waals surface area contributed by atoms with Crippen molar-refractivity contribution >= 4 is 28.4 Å². The van der Waals surface area contributed by atoms with Gasteiger partial charge in [-0.1, -0.05) is 48.5 Å². The zero-order valence-corrected chi connectivity index (χ0v) is 11.6. The molecule has 0 aromatic heterocycles. The summed E-state index contributed by atoms with van der Waals surface area (Å²) in [6.45, 7) is 0. The van der Waals surface area contributed by atoms with Crippen molar-refractivity contribution in [3.05, 3.63) is 71.8 Å². The Bertz CT molecular complexity index is 924. The molecule has 1 aliphatic rings. The molecular formula is C19H12O3. The number of phenolic OH excluding ortho intramolecular Hbond substituents is 1. The minimum absolute atomic E-state index is 0.174. The van der Waals surface area contributed by atoms with Gasteiger partial charge in [0.1, 0.15) is 11.5 Å². The van der Waals surface area contributed by atoms with Gasteiger partial charge in [0.15, 0.2) is 0 Å². The first-order valence-electron chi connectivity index (χ1n) is 6.98. The van der Waals surface area contributed by atoms with Gasteiger partial charge < -0.3 is 9.84 Å². The van der Waals surface area contributed by atoms with Gasteiger partial charge in [0.2, 0.25) is 0 Å². The van der Waals surface area contributed by atoms with Crippen LogP contribution in [0.15, 0.2) is 60.7 Å². The van der Waals surface area contributed by atoms with Crippen molar-refractivity contribution < 1.29 is 14.6 Å². The average Bonchev–Trinajstić information content (AvgIpc) is 2.69. The molecule has 0 aliphatic carbocycles. The maximum absolute atomic E-state index is 12.5. The minimum Gasteiger partial charge on any atom is -0.507 e. The number of carbonyl (C=O) groups is 1. The average molecular weight is 288 g/mol. The molecule has 3 heteroatoms. The van der Waals surface area contributed by atoms with Crippen molar-refractivity contribution in [3.63, 3.8) is 0 Å². The van der Waals surface area contributed by atoms with Crippen molar-refractivity contribution in [1.29, 1.82) is 0 Å². The van der Waals surface area contributed by atoms with Crippen molar-refractivity contribution in [2.75, 3.05) is 0 Å². The summed E-state index contributed by atoms with van der Waals surface area (Å²) in [5.74, 6) is 0.248. The molecule has 0 saturated carbocycles. The summed E-state index contributed by atoms with van der Waals surface area (Å²) in [6, 6.07) is 18.2. The second kappa shape index (κ2) is 4.74. The molecule has 0 saturated heterocycles. The van der Waals surface area contributed by atoms with Crippen LogP contribution in [0.2, 0.25) is 0 Å². The molecule has 3 aromatic rings. The third kappa shape index (κ3) is 1.87. The van der Waals surface area contributed by atoms with Crippen LogP contribution in [-0.2, 0) is 4.79 Å². The molecule has 0 fully saturated rings. The topological polar surface area (TPSA) is 46.5 Å². The van der Waals surface area contributed by atoms with Gasteiger partial charge in [-0.3, -0.25) is 0 Å². The van der Waals surface area contributed by atoms with Crippen LogP contribution in [0, 0.1) is 0 Å². The molecule has 4 rings (SSSR count). The molecule has 1 aliphatic heterocycles. The molecule has 0 bridgehead atoms. The summed E-state index contributed by atoms with van der Waals surface area (Å²) in [7, 11) is 0. The molecule has 1 N–H and O–H groups in total. The number of rotatable bonds is 1. The van der Waals surface area contributed by atoms with E-state index in [9.17, 15) is 9.90 Å². The van der Waals surface area contributed by atoms with Crippen molar-refractivity contribution in [3.8, 4) is 11.5 Å². The fraction of sp³-hybridized carbons (Fsp3) is 0. The number of esters is 1. The first-order chi connectivity index (χ1) is 10.7. The molecule has 22 heavy (non-hydrogen) atoms. The summed E-state index contributed by atoms with van der Waals surface area (Å²) in [6.07, 6.45) is 1.82. The van der Waals surface area contributed by atoms with Crippen LogP contribution >= 0.6 is 0 Å². The van der Waals surface area contributed by atoms with Crippen LogP contribution in [0.25, 0.3) is 22.4 Å². The fourth-order valence-electron chi connectivity index (χ4n) is 2.78. The predicted octanol–water partition coefficient (Wildman–Crippen LogP) is 4.01. The molecule has 1 heterocycles. The smallest absolute Gasteiger partial charge is 0.344 e. The van der Waals surface area contributed by atoms with E-state index in [1.54, 1.807) is 24.3 Å². The highest BCUT2D eigenvalue weighted by molar-refractivity contribution is 6.25. The number of carbonyl (C=O) groups excluding carboxylic acids is 1. The van der Waals surface area contributed by atoms with Gasteiger partial charge in [-0.25, -0.2) is 4.79 Å². The normalized spacial score (nSPS) is 13.5. The number of hydrogen-bond acceptors (Lipinski definition) is 3. The van der Waals surface area contributed by atoms with E-state index in [1.807, 2.05) is 42.5 Å². The number of phenols is 1. The second-order valence-electron chi connectivity index (χ2n) is 5.17. The highest BCUT2D eigenvalue weighted by atomic mass is 16.5. The van der Waals surface area contributed by atoms with Gasteiger partial charge in [-0.2, -0.15) is 0 Å². The third-order valence-corrected chi connectivity index (χ3v) is 3.82. The van der Waals surface area contributed by atoms with Gasteiger partial charge in [0.05, 0.1) is 5.57 Å². The number of benzene rings is 3. The Morgan fingerprint density at radius 1 is 0.864 bits per heavy atom. The van der Waals surface area contributed by atoms with Crippen LogP contribution < -0.4 is 4.74 Å². The third-order valence-electron chi connectivity index (χ3n) is 3.82. The number of ether oxygens (including phenoxy) is 1. The van der Waals surface area contributed by atoms with Gasteiger partial charge in [-0.05, 0) is 29.3 Å². The van der Waals surface area contributed by atoms with E-state index in [2.05, 4.69) is 0 Å². The standard InChI is InChI=1S/C19H12O3/c20-16-10-9-13-11-15(12-5-2-1-3-6-12)19(21)22-17-8-4-7-14(16)18(13)17/h1-11,20H. The lowest BCUT2D eigenvalue weighted by atomic mass is 9.99. The SMILES string of the molecule is O=C1Oc2cccc3c(O)ccc(c23)C=C1c1ccccc1. The molecule has 0 atom stereocenters. The lowest BCUT2D eigenvalue weighted by Crippen LogP contribution is -2.09. The molecule has 0 spiro atoms. The quantitative estimate of drug-likeness (QED) is 0.543. The van der Waals surface area contributed by atoms with Crippen LogP contribution in [-0.4, -0.2) is 11.1 Å². The first-order valence-corrected chi connectivity index (χ1v) is 6.98. The van der Waals surface area contributed by atoms with E-state index in [4.69, 9.17) is 4.74 Å². The number of aromatic hydroxyl groups is 1. The van der Waals surface area contributed by atoms with E-state index in [0.29, 0.717) is 16.7 Å². The number of hydrogen-bond donors (Lipinski definition) is 1. The van der Waals surface area contributed by atoms with Gasteiger partial charge >= 0.3 is 5.97 Å². The molecule has 3 aromatic carbocycles. The van der Waals surface area contributed by atoms with E-state index >= 15 is 0 Å². The maximum atomic E-state index is 12.5. The zero-order chi connectivity index (χ0) is 15.1. The summed E-state index contributed by atoms with van der Waals surface area (Å²) in [5, 5.41) is 11.4. The summed E-state index contributed by atoms with van der Waals surface area (Å²) in [4.78, 5) is 12.5. The maximum Gasteiger partial charge on any atom is 0.344 e. The molecule has 0 unspecified atom stereocenters. The Balaban J connectivity index is 2.03. The van der Waals surface area contributed by atoms with Crippen molar-refractivity contribution in [2.45, 2.75) is 0 Å². The van der Waals surface area contributed by atoms with Crippen molar-refractivity contribution in [2.24, 2.45) is 0 Å². The molecule has 106 valence electrons. The zero-order valence-electron chi connectivity index (χ0n) is 11.6. The Morgan fingerprint density at radius 3 is 2.50 bits per heavy atom. The monoisotopic (exact) mass is 288 g/mol.